The minimum absolute atomic E-state index is 0.118. The molecule has 1 aliphatic carbocycles. The van der Waals surface area contributed by atoms with Gasteiger partial charge in [0.2, 0.25) is 5.91 Å². The van der Waals surface area contributed by atoms with E-state index in [9.17, 15) is 14.0 Å². The van der Waals surface area contributed by atoms with Gasteiger partial charge in [0.1, 0.15) is 0 Å². The average molecular weight is 281 g/mol. The zero-order valence-electron chi connectivity index (χ0n) is 10.8. The standard InChI is InChI=1S/C12H16FN5O2/c13-10-8(3-5-15-11(10)18-14)12(20)16-6-4-9(19)17-7-1-2-7/h3,5,7H,1-2,4,6,14H2,(H,15,18)(H,16,20)(H,17,19). The number of nitrogens with one attached hydrogen (secondary N) is 3. The third kappa shape index (κ3) is 3.64. The van der Waals surface area contributed by atoms with Crippen molar-refractivity contribution in [3.05, 3.63) is 23.6 Å². The van der Waals surface area contributed by atoms with E-state index in [1.165, 1.54) is 12.3 Å². The molecule has 7 nitrogen and oxygen atoms in total. The first-order valence-electron chi connectivity index (χ1n) is 6.30. The predicted molar refractivity (Wildman–Crippen MR) is 70.1 cm³/mol. The van der Waals surface area contributed by atoms with Crippen LogP contribution < -0.4 is 21.9 Å². The molecule has 2 rings (SSSR count). The van der Waals surface area contributed by atoms with Gasteiger partial charge in [0.25, 0.3) is 5.91 Å². The summed E-state index contributed by atoms with van der Waals surface area (Å²) >= 11 is 0. The molecule has 0 unspecified atom stereocenters. The first kappa shape index (κ1) is 14.2. The van der Waals surface area contributed by atoms with Gasteiger partial charge in [-0.25, -0.2) is 15.2 Å². The summed E-state index contributed by atoms with van der Waals surface area (Å²) in [7, 11) is 0. The highest BCUT2D eigenvalue weighted by molar-refractivity contribution is 5.95. The van der Waals surface area contributed by atoms with Gasteiger partial charge in [-0.15, -0.1) is 0 Å². The first-order chi connectivity index (χ1) is 9.61. The van der Waals surface area contributed by atoms with Crippen LogP contribution in [0.5, 0.6) is 0 Å². The van der Waals surface area contributed by atoms with Gasteiger partial charge in [-0.3, -0.25) is 9.59 Å². The third-order valence-electron chi connectivity index (χ3n) is 2.85. The van der Waals surface area contributed by atoms with Gasteiger partial charge < -0.3 is 16.1 Å². The van der Waals surface area contributed by atoms with Crippen LogP contribution in [0.2, 0.25) is 0 Å². The van der Waals surface area contributed by atoms with Crippen LogP contribution in [0.1, 0.15) is 29.6 Å². The minimum Gasteiger partial charge on any atom is -0.353 e. The Labute approximate surface area is 115 Å². The Hall–Kier alpha value is -2.22. The predicted octanol–water partition coefficient (Wildman–Crippen LogP) is -0.0952. The number of hydrazine groups is 1. The molecule has 1 aromatic rings. The Kier molecular flexibility index (Phi) is 4.46. The minimum atomic E-state index is -0.824. The van der Waals surface area contributed by atoms with Crippen molar-refractivity contribution < 1.29 is 14.0 Å². The molecule has 0 radical (unpaired) electrons. The number of nitrogens with zero attached hydrogens (tertiary/aromatic N) is 1. The Morgan fingerprint density at radius 2 is 2.20 bits per heavy atom. The number of carbonyl (C=O) groups excluding carboxylic acids is 2. The Bertz CT molecular complexity index is 519. The molecule has 1 aliphatic rings. The molecule has 0 spiro atoms. The number of nitrogen functional groups attached to an aromatic ring is 1. The largest absolute Gasteiger partial charge is 0.353 e. The average Bonchev–Trinajstić information content (AvgIpc) is 3.22. The number of amides is 2. The van der Waals surface area contributed by atoms with Crippen molar-refractivity contribution in [1.29, 1.82) is 0 Å². The number of halogens is 1. The van der Waals surface area contributed by atoms with Crippen molar-refractivity contribution in [2.75, 3.05) is 12.0 Å². The summed E-state index contributed by atoms with van der Waals surface area (Å²) in [6.07, 6.45) is 3.45. The van der Waals surface area contributed by atoms with E-state index in [0.29, 0.717) is 0 Å². The molecule has 0 aromatic carbocycles. The molecule has 8 heteroatoms. The lowest BCUT2D eigenvalue weighted by Gasteiger charge is -2.08. The quantitative estimate of drug-likeness (QED) is 0.430. The molecule has 0 aliphatic heterocycles. The van der Waals surface area contributed by atoms with Crippen LogP contribution in [0, 0.1) is 5.82 Å². The maximum atomic E-state index is 13.7. The zero-order chi connectivity index (χ0) is 14.5. The van der Waals surface area contributed by atoms with E-state index in [-0.39, 0.29) is 36.3 Å². The number of pyridine rings is 1. The highest BCUT2D eigenvalue weighted by Crippen LogP contribution is 2.18. The van der Waals surface area contributed by atoms with Crippen LogP contribution in [0.25, 0.3) is 0 Å². The van der Waals surface area contributed by atoms with E-state index >= 15 is 0 Å². The normalized spacial score (nSPS) is 13.7. The monoisotopic (exact) mass is 281 g/mol. The van der Waals surface area contributed by atoms with E-state index < -0.39 is 11.7 Å². The molecule has 1 aromatic heterocycles. The second kappa shape index (κ2) is 6.29. The summed E-state index contributed by atoms with van der Waals surface area (Å²) in [6.45, 7) is 0.143. The molecule has 0 saturated heterocycles. The van der Waals surface area contributed by atoms with Crippen LogP contribution in [0.15, 0.2) is 12.3 Å². The van der Waals surface area contributed by atoms with Gasteiger partial charge in [-0.05, 0) is 18.9 Å². The second-order valence-electron chi connectivity index (χ2n) is 4.51. The summed E-state index contributed by atoms with van der Waals surface area (Å²) < 4.78 is 13.7. The van der Waals surface area contributed by atoms with Gasteiger partial charge >= 0.3 is 0 Å². The molecular formula is C12H16FN5O2. The van der Waals surface area contributed by atoms with Crippen LogP contribution in [-0.2, 0) is 4.79 Å². The lowest BCUT2D eigenvalue weighted by Crippen LogP contribution is -2.32. The maximum absolute atomic E-state index is 13.7. The number of anilines is 1. The van der Waals surface area contributed by atoms with E-state index in [1.807, 2.05) is 0 Å². The molecule has 108 valence electrons. The number of aromatic nitrogens is 1. The molecule has 5 N–H and O–H groups in total. The van der Waals surface area contributed by atoms with Gasteiger partial charge in [0, 0.05) is 25.2 Å². The summed E-state index contributed by atoms with van der Waals surface area (Å²) in [5.41, 5.74) is 1.89. The van der Waals surface area contributed by atoms with Crippen molar-refractivity contribution in [1.82, 2.24) is 15.6 Å². The van der Waals surface area contributed by atoms with Crippen LogP contribution >= 0.6 is 0 Å². The van der Waals surface area contributed by atoms with Crippen LogP contribution in [0.4, 0.5) is 10.2 Å². The Balaban J connectivity index is 1.83. The van der Waals surface area contributed by atoms with Crippen molar-refractivity contribution in [3.63, 3.8) is 0 Å². The van der Waals surface area contributed by atoms with E-state index in [1.54, 1.807) is 0 Å². The summed E-state index contributed by atoms with van der Waals surface area (Å²) in [4.78, 5) is 26.8. The van der Waals surface area contributed by atoms with Gasteiger partial charge in [-0.2, -0.15) is 0 Å². The van der Waals surface area contributed by atoms with Crippen LogP contribution in [0.3, 0.4) is 0 Å². The zero-order valence-corrected chi connectivity index (χ0v) is 10.8. The van der Waals surface area contributed by atoms with E-state index in [2.05, 4.69) is 21.0 Å². The molecule has 20 heavy (non-hydrogen) atoms. The van der Waals surface area contributed by atoms with E-state index in [4.69, 9.17) is 5.84 Å². The summed E-state index contributed by atoms with van der Waals surface area (Å²) in [5.74, 6) is 3.32. The highest BCUT2D eigenvalue weighted by Gasteiger charge is 2.23. The third-order valence-corrected chi connectivity index (χ3v) is 2.85. The Morgan fingerprint density at radius 1 is 1.45 bits per heavy atom. The number of hydrogen-bond acceptors (Lipinski definition) is 5. The summed E-state index contributed by atoms with van der Waals surface area (Å²) in [6, 6.07) is 1.53. The second-order valence-corrected chi connectivity index (χ2v) is 4.51. The molecular weight excluding hydrogens is 265 g/mol. The topological polar surface area (TPSA) is 109 Å². The maximum Gasteiger partial charge on any atom is 0.254 e. The molecule has 1 heterocycles. The van der Waals surface area contributed by atoms with Crippen molar-refractivity contribution in [2.24, 2.45) is 5.84 Å². The lowest BCUT2D eigenvalue weighted by molar-refractivity contribution is -0.121. The first-order valence-corrected chi connectivity index (χ1v) is 6.30. The van der Waals surface area contributed by atoms with Gasteiger partial charge in [0.05, 0.1) is 5.56 Å². The van der Waals surface area contributed by atoms with Crippen LogP contribution in [-0.4, -0.2) is 29.4 Å². The lowest BCUT2D eigenvalue weighted by atomic mass is 10.2. The number of nitrogens with two attached hydrogens (primary N) is 1. The molecule has 1 saturated carbocycles. The summed E-state index contributed by atoms with van der Waals surface area (Å²) in [5, 5.41) is 5.28. The van der Waals surface area contributed by atoms with Crippen molar-refractivity contribution >= 4 is 17.6 Å². The van der Waals surface area contributed by atoms with Gasteiger partial charge in [0.15, 0.2) is 11.6 Å². The highest BCUT2D eigenvalue weighted by atomic mass is 19.1. The molecule has 0 bridgehead atoms. The smallest absolute Gasteiger partial charge is 0.254 e. The Morgan fingerprint density at radius 3 is 2.85 bits per heavy atom. The molecule has 1 fully saturated rings. The SMILES string of the molecule is NNc1nccc(C(=O)NCCC(=O)NC2CC2)c1F. The molecule has 2 amide bonds. The van der Waals surface area contributed by atoms with E-state index in [0.717, 1.165) is 12.8 Å². The number of rotatable bonds is 6. The fourth-order valence-electron chi connectivity index (χ4n) is 1.63. The van der Waals surface area contributed by atoms with Gasteiger partial charge in [-0.1, -0.05) is 0 Å². The van der Waals surface area contributed by atoms with Crippen molar-refractivity contribution in [2.45, 2.75) is 25.3 Å². The molecule has 0 atom stereocenters. The number of carbonyl (C=O) groups is 2. The fraction of sp³-hybridized carbons (Fsp3) is 0.417. The van der Waals surface area contributed by atoms with Crippen molar-refractivity contribution in [3.8, 4) is 0 Å². The number of hydrogen-bond donors (Lipinski definition) is 4. The fourth-order valence-corrected chi connectivity index (χ4v) is 1.63.